The molecule has 5 rings (SSSR count). The van der Waals surface area contributed by atoms with Crippen molar-refractivity contribution in [2.45, 2.75) is 13.0 Å². The first-order valence-corrected chi connectivity index (χ1v) is 11.8. The van der Waals surface area contributed by atoms with Crippen molar-refractivity contribution in [3.63, 3.8) is 0 Å². The van der Waals surface area contributed by atoms with Gasteiger partial charge in [-0.2, -0.15) is 0 Å². The molecule has 5 heteroatoms. The second-order valence-electron chi connectivity index (χ2n) is 7.78. The van der Waals surface area contributed by atoms with Crippen LogP contribution in [0.3, 0.4) is 0 Å². The molecule has 1 saturated heterocycles. The van der Waals surface area contributed by atoms with Gasteiger partial charge in [-0.15, -0.1) is 0 Å². The normalized spacial score (nSPS) is 15.0. The molecule has 0 saturated carbocycles. The van der Waals surface area contributed by atoms with E-state index in [-0.39, 0.29) is 6.04 Å². The highest BCUT2D eigenvalue weighted by Crippen LogP contribution is 2.36. The zero-order valence-corrected chi connectivity index (χ0v) is 18.6. The van der Waals surface area contributed by atoms with E-state index < -0.39 is 0 Å². The summed E-state index contributed by atoms with van der Waals surface area (Å²) >= 11 is 1.76. The van der Waals surface area contributed by atoms with Gasteiger partial charge in [0.05, 0.1) is 17.3 Å². The molecule has 4 aromatic rings. The Labute approximate surface area is 187 Å². The Morgan fingerprint density at radius 3 is 2.10 bits per heavy atom. The Hall–Kier alpha value is -2.89. The summed E-state index contributed by atoms with van der Waals surface area (Å²) in [5.41, 5.74) is 3.69. The van der Waals surface area contributed by atoms with Gasteiger partial charge >= 0.3 is 0 Å². The lowest BCUT2D eigenvalue weighted by molar-refractivity contribution is 0.212. The van der Waals surface area contributed by atoms with Crippen molar-refractivity contribution in [3.05, 3.63) is 90.0 Å². The van der Waals surface area contributed by atoms with Crippen LogP contribution in [0.5, 0.6) is 5.75 Å². The molecule has 3 aromatic carbocycles. The number of fused-ring (bicyclic) bond motifs is 1. The van der Waals surface area contributed by atoms with E-state index in [1.54, 1.807) is 11.3 Å². The average molecular weight is 430 g/mol. The fraction of sp³-hybridized carbons (Fsp3) is 0.269. The molecule has 158 valence electrons. The number of rotatable bonds is 6. The van der Waals surface area contributed by atoms with Crippen molar-refractivity contribution in [1.82, 2.24) is 9.88 Å². The molecule has 0 unspecified atom stereocenters. The summed E-state index contributed by atoms with van der Waals surface area (Å²) < 4.78 is 6.97. The van der Waals surface area contributed by atoms with Crippen molar-refractivity contribution in [2.75, 3.05) is 37.7 Å². The second-order valence-corrected chi connectivity index (χ2v) is 8.79. The molecule has 0 atom stereocenters. The Morgan fingerprint density at radius 2 is 1.48 bits per heavy atom. The molecule has 0 spiro atoms. The van der Waals surface area contributed by atoms with Crippen molar-refractivity contribution in [3.8, 4) is 5.75 Å². The lowest BCUT2D eigenvalue weighted by Gasteiger charge is -2.39. The van der Waals surface area contributed by atoms with E-state index in [1.807, 2.05) is 13.0 Å². The third kappa shape index (κ3) is 4.16. The van der Waals surface area contributed by atoms with E-state index >= 15 is 0 Å². The maximum atomic E-state index is 5.78. The number of piperazine rings is 1. The monoisotopic (exact) mass is 429 g/mol. The van der Waals surface area contributed by atoms with Crippen LogP contribution in [0, 0.1) is 0 Å². The highest BCUT2D eigenvalue weighted by molar-refractivity contribution is 7.22. The number of para-hydroxylation sites is 1. The molecule has 0 N–H and O–H groups in total. The van der Waals surface area contributed by atoms with Crippen LogP contribution in [-0.2, 0) is 0 Å². The molecule has 0 aliphatic carbocycles. The number of hydrogen-bond donors (Lipinski definition) is 0. The summed E-state index contributed by atoms with van der Waals surface area (Å²) in [5.74, 6) is 0.884. The van der Waals surface area contributed by atoms with Crippen LogP contribution < -0.4 is 9.64 Å². The van der Waals surface area contributed by atoms with E-state index in [1.165, 1.54) is 15.8 Å². The Kier molecular flexibility index (Phi) is 5.87. The van der Waals surface area contributed by atoms with Crippen LogP contribution in [0.4, 0.5) is 5.13 Å². The molecule has 1 aromatic heterocycles. The average Bonchev–Trinajstić information content (AvgIpc) is 3.27. The van der Waals surface area contributed by atoms with Crippen LogP contribution in [-0.4, -0.2) is 42.7 Å². The number of anilines is 1. The molecular weight excluding hydrogens is 402 g/mol. The van der Waals surface area contributed by atoms with Gasteiger partial charge in [0.1, 0.15) is 11.3 Å². The molecule has 1 aliphatic rings. The molecule has 0 radical (unpaired) electrons. The van der Waals surface area contributed by atoms with E-state index in [9.17, 15) is 0 Å². The van der Waals surface area contributed by atoms with Gasteiger partial charge in [0, 0.05) is 26.2 Å². The van der Waals surface area contributed by atoms with Crippen molar-refractivity contribution in [1.29, 1.82) is 0 Å². The largest absolute Gasteiger partial charge is 0.492 e. The first kappa shape index (κ1) is 20.0. The van der Waals surface area contributed by atoms with Crippen LogP contribution in [0.15, 0.2) is 78.9 Å². The lowest BCUT2D eigenvalue weighted by Crippen LogP contribution is -2.47. The molecule has 31 heavy (non-hydrogen) atoms. The maximum Gasteiger partial charge on any atom is 0.186 e. The standard InChI is InChI=1S/C26H27N3OS/c1-2-30-22-14-9-15-23-24(22)27-26(31-23)29-18-16-28(17-19-29)25(20-10-5-3-6-11-20)21-12-7-4-8-13-21/h3-15,25H,2,16-19H2,1H3. The van der Waals surface area contributed by atoms with Gasteiger partial charge in [0.25, 0.3) is 0 Å². The SMILES string of the molecule is CCOc1cccc2sc(N3CCN(C(c4ccccc4)c4ccccc4)CC3)nc12. The highest BCUT2D eigenvalue weighted by atomic mass is 32.1. The minimum absolute atomic E-state index is 0.282. The molecule has 1 fully saturated rings. The van der Waals surface area contributed by atoms with Gasteiger partial charge in [-0.1, -0.05) is 78.1 Å². The second kappa shape index (κ2) is 9.08. The van der Waals surface area contributed by atoms with Gasteiger partial charge in [0.2, 0.25) is 0 Å². The van der Waals surface area contributed by atoms with Crippen molar-refractivity contribution < 1.29 is 4.74 Å². The lowest BCUT2D eigenvalue weighted by atomic mass is 9.96. The predicted molar refractivity (Wildman–Crippen MR) is 129 cm³/mol. The summed E-state index contributed by atoms with van der Waals surface area (Å²) in [4.78, 5) is 9.96. The fourth-order valence-electron chi connectivity index (χ4n) is 4.37. The van der Waals surface area contributed by atoms with Crippen molar-refractivity contribution in [2.24, 2.45) is 0 Å². The van der Waals surface area contributed by atoms with Gasteiger partial charge < -0.3 is 9.64 Å². The molecule has 1 aliphatic heterocycles. The van der Waals surface area contributed by atoms with Crippen molar-refractivity contribution >= 4 is 26.7 Å². The summed E-state index contributed by atoms with van der Waals surface area (Å²) in [6.07, 6.45) is 0. The van der Waals surface area contributed by atoms with Crippen LogP contribution >= 0.6 is 11.3 Å². The Balaban J connectivity index is 1.36. The third-order valence-electron chi connectivity index (χ3n) is 5.85. The fourth-order valence-corrected chi connectivity index (χ4v) is 5.41. The quantitative estimate of drug-likeness (QED) is 0.398. The summed E-state index contributed by atoms with van der Waals surface area (Å²) in [7, 11) is 0. The summed E-state index contributed by atoms with van der Waals surface area (Å²) in [5, 5.41) is 1.10. The molecule has 2 heterocycles. The van der Waals surface area contributed by atoms with E-state index in [0.29, 0.717) is 6.61 Å². The van der Waals surface area contributed by atoms with Crippen LogP contribution in [0.1, 0.15) is 24.1 Å². The Morgan fingerprint density at radius 1 is 0.839 bits per heavy atom. The first-order valence-electron chi connectivity index (χ1n) is 10.9. The number of aromatic nitrogens is 1. The van der Waals surface area contributed by atoms with Gasteiger partial charge in [-0.3, -0.25) is 4.90 Å². The third-order valence-corrected chi connectivity index (χ3v) is 6.93. The van der Waals surface area contributed by atoms with Crippen LogP contribution in [0.2, 0.25) is 0 Å². The minimum atomic E-state index is 0.282. The topological polar surface area (TPSA) is 28.6 Å². The van der Waals surface area contributed by atoms with Gasteiger partial charge in [-0.05, 0) is 30.2 Å². The number of hydrogen-bond acceptors (Lipinski definition) is 5. The molecule has 0 amide bonds. The predicted octanol–water partition coefficient (Wildman–Crippen LogP) is 5.61. The van der Waals surface area contributed by atoms with E-state index in [4.69, 9.17) is 9.72 Å². The number of benzene rings is 3. The van der Waals surface area contributed by atoms with E-state index in [0.717, 1.165) is 42.6 Å². The number of ether oxygens (including phenoxy) is 1. The highest BCUT2D eigenvalue weighted by Gasteiger charge is 2.27. The van der Waals surface area contributed by atoms with E-state index in [2.05, 4.69) is 82.6 Å². The zero-order valence-electron chi connectivity index (χ0n) is 17.8. The van der Waals surface area contributed by atoms with Gasteiger partial charge in [0.15, 0.2) is 5.13 Å². The number of thiazole rings is 1. The first-order chi connectivity index (χ1) is 15.3. The number of nitrogens with zero attached hydrogens (tertiary/aromatic N) is 3. The molecule has 0 bridgehead atoms. The summed E-state index contributed by atoms with van der Waals surface area (Å²) in [6, 6.07) is 28.2. The zero-order chi connectivity index (χ0) is 21.0. The smallest absolute Gasteiger partial charge is 0.186 e. The van der Waals surface area contributed by atoms with Crippen LogP contribution in [0.25, 0.3) is 10.2 Å². The van der Waals surface area contributed by atoms with Gasteiger partial charge in [-0.25, -0.2) is 4.98 Å². The molecule has 4 nitrogen and oxygen atoms in total. The minimum Gasteiger partial charge on any atom is -0.492 e. The maximum absolute atomic E-state index is 5.78. The molecular formula is C26H27N3OS. The Bertz CT molecular complexity index is 1080. The summed E-state index contributed by atoms with van der Waals surface area (Å²) in [6.45, 7) is 6.62.